The number of amides is 2. The number of hydrogen-bond acceptors (Lipinski definition) is 3. The third-order valence-corrected chi connectivity index (χ3v) is 2.27. The average molecular weight is 316 g/mol. The molecule has 0 saturated carbocycles. The summed E-state index contributed by atoms with van der Waals surface area (Å²) in [5.41, 5.74) is 1.18. The van der Waals surface area contributed by atoms with Gasteiger partial charge in [-0.05, 0) is 24.3 Å². The zero-order chi connectivity index (χ0) is 17.5. The van der Waals surface area contributed by atoms with Crippen LogP contribution in [-0.2, 0) is 14.3 Å². The van der Waals surface area contributed by atoms with E-state index in [0.29, 0.717) is 11.4 Å². The molecule has 0 aliphatic carbocycles. The molecule has 5 heteroatoms. The number of methoxy groups -OCH3 is 1. The van der Waals surface area contributed by atoms with Gasteiger partial charge in [0.15, 0.2) is 0 Å². The number of para-hydroxylation sites is 2. The Balaban J connectivity index is 0.000000868. The number of carbonyl (C=O) groups is 2. The largest absolute Gasteiger partial charge is 0.388 e. The van der Waals surface area contributed by atoms with Crippen LogP contribution in [0.4, 0.5) is 11.4 Å². The van der Waals surface area contributed by atoms with Gasteiger partial charge in [0.1, 0.15) is 0 Å². The maximum atomic E-state index is 11.6. The maximum Gasteiger partial charge on any atom is 0.314 e. The fourth-order valence-electron chi connectivity index (χ4n) is 1.42. The van der Waals surface area contributed by atoms with Crippen molar-refractivity contribution in [2.75, 3.05) is 24.9 Å². The molecule has 0 atom stereocenters. The van der Waals surface area contributed by atoms with Gasteiger partial charge in [0.25, 0.3) is 0 Å². The van der Waals surface area contributed by atoms with Crippen LogP contribution in [0, 0.1) is 0 Å². The summed E-state index contributed by atoms with van der Waals surface area (Å²) >= 11 is 0. The van der Waals surface area contributed by atoms with Gasteiger partial charge in [0, 0.05) is 25.6 Å². The van der Waals surface area contributed by atoms with Crippen molar-refractivity contribution in [2.45, 2.75) is 13.8 Å². The van der Waals surface area contributed by atoms with E-state index >= 15 is 0 Å². The molecule has 0 aromatic heterocycles. The van der Waals surface area contributed by atoms with E-state index in [1.165, 1.54) is 0 Å². The number of benzene rings is 2. The van der Waals surface area contributed by atoms with E-state index in [-0.39, 0.29) is 0 Å². The highest BCUT2D eigenvalue weighted by atomic mass is 16.4. The number of carbonyl (C=O) groups excluding carboxylic acids is 2. The number of hydrogen-bond donors (Lipinski definition) is 2. The predicted molar refractivity (Wildman–Crippen MR) is 94.4 cm³/mol. The summed E-state index contributed by atoms with van der Waals surface area (Å²) in [6.07, 6.45) is 0. The molecule has 2 aromatic rings. The van der Waals surface area contributed by atoms with Crippen LogP contribution >= 0.6 is 0 Å². The lowest BCUT2D eigenvalue weighted by atomic mass is 10.3. The number of ether oxygens (including phenoxy) is 1. The molecule has 0 spiro atoms. The summed E-state index contributed by atoms with van der Waals surface area (Å²) in [5.74, 6) is -1.38. The quantitative estimate of drug-likeness (QED) is 0.833. The zero-order valence-electron chi connectivity index (χ0n) is 14.0. The van der Waals surface area contributed by atoms with Crippen molar-refractivity contribution in [1.29, 1.82) is 0 Å². The van der Waals surface area contributed by atoms with Crippen molar-refractivity contribution in [3.8, 4) is 0 Å². The molecule has 5 nitrogen and oxygen atoms in total. The van der Waals surface area contributed by atoms with Crippen LogP contribution < -0.4 is 10.6 Å². The Labute approximate surface area is 137 Å². The maximum absolute atomic E-state index is 11.6. The Bertz CT molecular complexity index is 505. The SMILES string of the molecule is CC.COC.O=C(Nc1ccccc1)C(=O)Nc1ccccc1. The second kappa shape index (κ2) is 13.0. The molecule has 124 valence electrons. The minimum absolute atomic E-state index is 0.589. The molecule has 0 radical (unpaired) electrons. The van der Waals surface area contributed by atoms with Crippen molar-refractivity contribution < 1.29 is 14.3 Å². The third-order valence-electron chi connectivity index (χ3n) is 2.27. The molecular weight excluding hydrogens is 292 g/mol. The van der Waals surface area contributed by atoms with E-state index in [1.54, 1.807) is 62.8 Å². The Morgan fingerprint density at radius 2 is 0.957 bits per heavy atom. The zero-order valence-corrected chi connectivity index (χ0v) is 14.0. The van der Waals surface area contributed by atoms with Gasteiger partial charge in [-0.15, -0.1) is 0 Å². The van der Waals surface area contributed by atoms with Crippen molar-refractivity contribution in [3.05, 3.63) is 60.7 Å². The molecule has 2 amide bonds. The molecule has 0 heterocycles. The Morgan fingerprint density at radius 3 is 1.22 bits per heavy atom. The summed E-state index contributed by atoms with van der Waals surface area (Å²) < 4.78 is 4.25. The number of anilines is 2. The van der Waals surface area contributed by atoms with E-state index in [0.717, 1.165) is 0 Å². The Morgan fingerprint density at radius 1 is 0.696 bits per heavy atom. The first-order chi connectivity index (χ1) is 11.2. The first kappa shape index (κ1) is 20.3. The lowest BCUT2D eigenvalue weighted by molar-refractivity contribution is -0.132. The summed E-state index contributed by atoms with van der Waals surface area (Å²) in [6, 6.07) is 17.7. The van der Waals surface area contributed by atoms with Crippen LogP contribution in [0.15, 0.2) is 60.7 Å². The average Bonchev–Trinajstić information content (AvgIpc) is 2.59. The molecule has 0 fully saturated rings. The molecule has 0 bridgehead atoms. The predicted octanol–water partition coefficient (Wildman–Crippen LogP) is 3.55. The monoisotopic (exact) mass is 316 g/mol. The van der Waals surface area contributed by atoms with Gasteiger partial charge < -0.3 is 15.4 Å². The molecule has 0 aliphatic heterocycles. The molecule has 2 rings (SSSR count). The first-order valence-corrected chi connectivity index (χ1v) is 7.30. The molecule has 0 saturated heterocycles. The van der Waals surface area contributed by atoms with Crippen molar-refractivity contribution in [1.82, 2.24) is 0 Å². The van der Waals surface area contributed by atoms with Crippen molar-refractivity contribution >= 4 is 23.2 Å². The van der Waals surface area contributed by atoms with Crippen LogP contribution in [0.2, 0.25) is 0 Å². The minimum atomic E-state index is -0.690. The number of nitrogens with one attached hydrogen (secondary N) is 2. The fourth-order valence-corrected chi connectivity index (χ4v) is 1.42. The topological polar surface area (TPSA) is 67.4 Å². The molecule has 2 N–H and O–H groups in total. The van der Waals surface area contributed by atoms with Gasteiger partial charge >= 0.3 is 11.8 Å². The van der Waals surface area contributed by atoms with E-state index in [9.17, 15) is 9.59 Å². The highest BCUT2D eigenvalue weighted by molar-refractivity contribution is 6.43. The molecular formula is C18H24N2O3. The molecule has 23 heavy (non-hydrogen) atoms. The van der Waals surface area contributed by atoms with Crippen molar-refractivity contribution in [3.63, 3.8) is 0 Å². The summed E-state index contributed by atoms with van der Waals surface area (Å²) in [6.45, 7) is 4.00. The van der Waals surface area contributed by atoms with E-state index < -0.39 is 11.8 Å². The highest BCUT2D eigenvalue weighted by Gasteiger charge is 2.13. The smallest absolute Gasteiger partial charge is 0.314 e. The normalized spacial score (nSPS) is 8.52. The van der Waals surface area contributed by atoms with Crippen LogP contribution in [0.5, 0.6) is 0 Å². The second-order valence-electron chi connectivity index (χ2n) is 4.05. The highest BCUT2D eigenvalue weighted by Crippen LogP contribution is 2.07. The van der Waals surface area contributed by atoms with Gasteiger partial charge in [-0.1, -0.05) is 50.2 Å². The van der Waals surface area contributed by atoms with Gasteiger partial charge in [-0.25, -0.2) is 0 Å². The first-order valence-electron chi connectivity index (χ1n) is 7.30. The molecule has 0 aliphatic rings. The van der Waals surface area contributed by atoms with Crippen LogP contribution in [-0.4, -0.2) is 26.0 Å². The standard InChI is InChI=1S/C14H12N2O2.C2H6O.C2H6/c17-13(15-11-7-3-1-4-8-11)14(18)16-12-9-5-2-6-10-12;1-3-2;1-2/h1-10H,(H,15,17)(H,16,18);1-2H3;1-2H3. The summed E-state index contributed by atoms with van der Waals surface area (Å²) in [7, 11) is 3.25. The van der Waals surface area contributed by atoms with Crippen LogP contribution in [0.25, 0.3) is 0 Å². The van der Waals surface area contributed by atoms with Gasteiger partial charge in [-0.3, -0.25) is 9.59 Å². The second-order valence-corrected chi connectivity index (χ2v) is 4.05. The lowest BCUT2D eigenvalue weighted by Gasteiger charge is -2.05. The van der Waals surface area contributed by atoms with Gasteiger partial charge in [0.05, 0.1) is 0 Å². The minimum Gasteiger partial charge on any atom is -0.388 e. The lowest BCUT2D eigenvalue weighted by Crippen LogP contribution is -2.28. The van der Waals surface area contributed by atoms with Crippen LogP contribution in [0.3, 0.4) is 0 Å². The number of rotatable bonds is 2. The fraction of sp³-hybridized carbons (Fsp3) is 0.222. The van der Waals surface area contributed by atoms with Gasteiger partial charge in [-0.2, -0.15) is 0 Å². The summed E-state index contributed by atoms with van der Waals surface area (Å²) in [4.78, 5) is 23.2. The molecule has 2 aromatic carbocycles. The van der Waals surface area contributed by atoms with E-state index in [4.69, 9.17) is 0 Å². The van der Waals surface area contributed by atoms with Crippen molar-refractivity contribution in [2.24, 2.45) is 0 Å². The van der Waals surface area contributed by atoms with E-state index in [1.807, 2.05) is 26.0 Å². The summed E-state index contributed by atoms with van der Waals surface area (Å²) in [5, 5.41) is 5.02. The Hall–Kier alpha value is -2.66. The van der Waals surface area contributed by atoms with Gasteiger partial charge in [0.2, 0.25) is 0 Å². The Kier molecular flexibility index (Phi) is 11.5. The third kappa shape index (κ3) is 9.06. The van der Waals surface area contributed by atoms with Crippen LogP contribution in [0.1, 0.15) is 13.8 Å². The molecule has 0 unspecified atom stereocenters. The van der Waals surface area contributed by atoms with E-state index in [2.05, 4.69) is 15.4 Å².